The molecule has 7 rings (SSSR count). The summed E-state index contributed by atoms with van der Waals surface area (Å²) in [6.07, 6.45) is 2.60. The Bertz CT molecular complexity index is 1930. The lowest BCUT2D eigenvalue weighted by Crippen LogP contribution is -2.61. The minimum Gasteiger partial charge on any atom is -0.341 e. The number of hydrogen-bond acceptors (Lipinski definition) is 7. The summed E-state index contributed by atoms with van der Waals surface area (Å²) < 4.78 is 71.9. The lowest BCUT2D eigenvalue weighted by Gasteiger charge is -2.45. The molecule has 2 aliphatic heterocycles. The van der Waals surface area contributed by atoms with Gasteiger partial charge in [0.1, 0.15) is 16.5 Å². The predicted molar refractivity (Wildman–Crippen MR) is 160 cm³/mol. The maximum absolute atomic E-state index is 14.1. The lowest BCUT2D eigenvalue weighted by atomic mass is 9.73. The summed E-state index contributed by atoms with van der Waals surface area (Å²) in [4.78, 5) is 29.5. The molecule has 10 nitrogen and oxygen atoms in total. The number of sulfonamides is 2. The summed E-state index contributed by atoms with van der Waals surface area (Å²) in [7, 11) is -7.08. The quantitative estimate of drug-likeness (QED) is 0.407. The van der Waals surface area contributed by atoms with Crippen LogP contribution in [0.15, 0.2) is 87.0 Å². The number of carbonyl (C=O) groups excluding carboxylic acids is 2. The Hall–Kier alpha value is -4.10. The molecular formula is C31H29FN4O6S2. The van der Waals surface area contributed by atoms with Crippen LogP contribution in [0.25, 0.3) is 0 Å². The first kappa shape index (κ1) is 28.7. The Morgan fingerprint density at radius 3 is 2.43 bits per heavy atom. The number of fused-ring (bicyclic) bond motifs is 6. The van der Waals surface area contributed by atoms with Gasteiger partial charge in [-0.25, -0.2) is 12.8 Å². The average molecular weight is 637 g/mol. The molecule has 13 heteroatoms. The number of carbonyl (C=O) groups is 2. The van der Waals surface area contributed by atoms with E-state index in [1.165, 1.54) is 49.5 Å². The zero-order valence-corrected chi connectivity index (χ0v) is 25.3. The van der Waals surface area contributed by atoms with Crippen LogP contribution in [0.4, 0.5) is 15.8 Å². The summed E-state index contributed by atoms with van der Waals surface area (Å²) in [6, 6.07) is 17.3. The van der Waals surface area contributed by atoms with Gasteiger partial charge in [-0.2, -0.15) is 8.42 Å². The maximum atomic E-state index is 14.1. The van der Waals surface area contributed by atoms with Gasteiger partial charge in [-0.3, -0.25) is 13.9 Å². The number of nitrogens with one attached hydrogen (secondary N) is 1. The highest BCUT2D eigenvalue weighted by atomic mass is 32.2. The number of amidine groups is 1. The molecule has 1 amide bonds. The van der Waals surface area contributed by atoms with Crippen LogP contribution in [0.2, 0.25) is 0 Å². The Morgan fingerprint density at radius 1 is 1.00 bits per heavy atom. The molecule has 3 fully saturated rings. The van der Waals surface area contributed by atoms with Crippen molar-refractivity contribution in [3.05, 3.63) is 84.2 Å². The number of amides is 1. The minimum atomic E-state index is -4.43. The van der Waals surface area contributed by atoms with E-state index in [0.717, 1.165) is 23.6 Å². The highest BCUT2D eigenvalue weighted by Gasteiger charge is 2.60. The van der Waals surface area contributed by atoms with Crippen molar-refractivity contribution in [2.24, 2.45) is 28.1 Å². The second-order valence-electron chi connectivity index (χ2n) is 11.8. The molecule has 44 heavy (non-hydrogen) atoms. The van der Waals surface area contributed by atoms with E-state index >= 15 is 0 Å². The highest BCUT2D eigenvalue weighted by molar-refractivity contribution is 7.92. The zero-order chi connectivity index (χ0) is 31.0. The largest absolute Gasteiger partial charge is 0.341 e. The Kier molecular flexibility index (Phi) is 6.66. The van der Waals surface area contributed by atoms with E-state index in [9.17, 15) is 30.8 Å². The van der Waals surface area contributed by atoms with Gasteiger partial charge in [-0.1, -0.05) is 30.3 Å². The maximum Gasteiger partial charge on any atom is 0.286 e. The van der Waals surface area contributed by atoms with Gasteiger partial charge in [-0.05, 0) is 79.1 Å². The van der Waals surface area contributed by atoms with Gasteiger partial charge in [0.25, 0.3) is 20.0 Å². The first-order valence-corrected chi connectivity index (χ1v) is 17.2. The van der Waals surface area contributed by atoms with Crippen LogP contribution in [0.5, 0.6) is 0 Å². The average Bonchev–Trinajstić information content (AvgIpc) is 3.63. The summed E-state index contributed by atoms with van der Waals surface area (Å²) in [5.41, 5.74) is 0.884. The summed E-state index contributed by atoms with van der Waals surface area (Å²) in [5, 5.41) is 2.92. The standard InChI is InChI=1S/C31H29FN4O6S2/c1-35(44(41,42)23-5-3-2-4-6-23)22-13-14-24-25(16-22)43(39,40)34-30(33-24)27-29(37)26-19-9-10-20(15-19)28(26)36(31(27)38)17-18-7-11-21(32)12-8-18/h2-8,11-14,16,19-20,26-28H,9-10,15,17H2,1H3,(H,33,34)/t19-,20+,26?,27?,28?/m0/s1. The van der Waals surface area contributed by atoms with E-state index in [0.29, 0.717) is 5.56 Å². The van der Waals surface area contributed by atoms with E-state index in [1.807, 2.05) is 0 Å². The molecule has 4 aliphatic rings. The Balaban J connectivity index is 1.23. The van der Waals surface area contributed by atoms with Gasteiger partial charge in [0.05, 0.1) is 16.3 Å². The number of likely N-dealkylation sites (tertiary alicyclic amines) is 1. The molecule has 2 saturated carbocycles. The van der Waals surface area contributed by atoms with Crippen LogP contribution in [0, 0.1) is 29.5 Å². The second-order valence-corrected chi connectivity index (χ2v) is 15.4. The first-order valence-electron chi connectivity index (χ1n) is 14.3. The molecule has 3 unspecified atom stereocenters. The zero-order valence-electron chi connectivity index (χ0n) is 23.6. The number of ketones is 1. The fourth-order valence-electron chi connectivity index (χ4n) is 7.34. The molecule has 2 bridgehead atoms. The fourth-order valence-corrected chi connectivity index (χ4v) is 9.72. The molecule has 0 spiro atoms. The van der Waals surface area contributed by atoms with E-state index in [2.05, 4.69) is 9.71 Å². The van der Waals surface area contributed by atoms with Crippen LogP contribution in [0.1, 0.15) is 24.8 Å². The highest BCUT2D eigenvalue weighted by Crippen LogP contribution is 2.54. The van der Waals surface area contributed by atoms with Crippen LogP contribution in [0.3, 0.4) is 0 Å². The van der Waals surface area contributed by atoms with Gasteiger partial charge >= 0.3 is 0 Å². The van der Waals surface area contributed by atoms with Crippen molar-refractivity contribution in [1.82, 2.24) is 4.90 Å². The van der Waals surface area contributed by atoms with E-state index in [4.69, 9.17) is 0 Å². The molecule has 2 aliphatic carbocycles. The number of benzene rings is 3. The third-order valence-electron chi connectivity index (χ3n) is 9.40. The number of Topliss-reactive ketones (excluding diaryl/α,β-unsaturated/α-hetero) is 1. The molecule has 1 N–H and O–H groups in total. The smallest absolute Gasteiger partial charge is 0.286 e. The van der Waals surface area contributed by atoms with Crippen molar-refractivity contribution in [3.8, 4) is 0 Å². The molecule has 3 aromatic carbocycles. The number of anilines is 2. The molecule has 5 atom stereocenters. The lowest BCUT2D eigenvalue weighted by molar-refractivity contribution is -0.153. The number of halogens is 1. The molecule has 0 aromatic heterocycles. The molecule has 2 heterocycles. The predicted octanol–water partition coefficient (Wildman–Crippen LogP) is 3.81. The van der Waals surface area contributed by atoms with Crippen LogP contribution in [-0.4, -0.2) is 52.4 Å². The van der Waals surface area contributed by atoms with Gasteiger partial charge in [0.15, 0.2) is 11.7 Å². The summed E-state index contributed by atoms with van der Waals surface area (Å²) >= 11 is 0. The van der Waals surface area contributed by atoms with Crippen molar-refractivity contribution >= 4 is 48.9 Å². The molecular weight excluding hydrogens is 607 g/mol. The Labute approximate surface area is 254 Å². The van der Waals surface area contributed by atoms with Crippen molar-refractivity contribution in [2.75, 3.05) is 16.7 Å². The van der Waals surface area contributed by atoms with Crippen molar-refractivity contribution < 1.29 is 30.8 Å². The molecule has 3 aromatic rings. The van der Waals surface area contributed by atoms with Gasteiger partial charge in [-0.15, -0.1) is 4.40 Å². The number of hydrogen-bond donors (Lipinski definition) is 1. The third kappa shape index (κ3) is 4.52. The molecule has 1 saturated heterocycles. The van der Waals surface area contributed by atoms with Crippen LogP contribution < -0.4 is 9.62 Å². The number of rotatable bonds is 6. The first-order chi connectivity index (χ1) is 21.0. The number of nitrogens with zero attached hydrogens (tertiary/aromatic N) is 3. The van der Waals surface area contributed by atoms with E-state index < -0.39 is 43.6 Å². The van der Waals surface area contributed by atoms with E-state index in [-0.39, 0.29) is 57.2 Å². The van der Waals surface area contributed by atoms with Crippen molar-refractivity contribution in [2.45, 2.75) is 41.6 Å². The minimum absolute atomic E-state index is 0.0416. The van der Waals surface area contributed by atoms with Crippen molar-refractivity contribution in [1.29, 1.82) is 0 Å². The SMILES string of the molecule is CN(c1ccc2c(c1)S(=O)(=O)N=C(C1C(=O)C3C([C@@H]4CC[C@H]3C4)N(Cc3ccc(F)cc3)C1=O)N2)S(=O)(=O)c1ccccc1. The normalized spacial score (nSPS) is 26.9. The summed E-state index contributed by atoms with van der Waals surface area (Å²) in [6.45, 7) is 0.162. The third-order valence-corrected chi connectivity index (χ3v) is 12.5. The van der Waals surface area contributed by atoms with Gasteiger partial charge in [0, 0.05) is 25.6 Å². The van der Waals surface area contributed by atoms with Crippen molar-refractivity contribution in [3.63, 3.8) is 0 Å². The summed E-state index contributed by atoms with van der Waals surface area (Å²) in [5.74, 6) is -3.16. The topological polar surface area (TPSA) is 133 Å². The van der Waals surface area contributed by atoms with Crippen LogP contribution in [-0.2, 0) is 36.2 Å². The Morgan fingerprint density at radius 2 is 1.70 bits per heavy atom. The van der Waals surface area contributed by atoms with Gasteiger partial charge < -0.3 is 10.2 Å². The van der Waals surface area contributed by atoms with Crippen LogP contribution >= 0.6 is 0 Å². The second kappa shape index (κ2) is 10.2. The number of piperidine rings is 1. The molecule has 0 radical (unpaired) electrons. The monoisotopic (exact) mass is 636 g/mol. The fraction of sp³-hybridized carbons (Fsp3) is 0.323. The molecule has 228 valence electrons. The van der Waals surface area contributed by atoms with Gasteiger partial charge in [0.2, 0.25) is 5.91 Å². The van der Waals surface area contributed by atoms with E-state index in [1.54, 1.807) is 35.2 Å².